The summed E-state index contributed by atoms with van der Waals surface area (Å²) < 4.78 is 0. The number of carbonyl (C=O) groups is 1. The van der Waals surface area contributed by atoms with Crippen molar-refractivity contribution < 1.29 is 4.79 Å². The molecule has 0 radical (unpaired) electrons. The number of aromatic nitrogens is 3. The van der Waals surface area contributed by atoms with E-state index in [1.165, 1.54) is 6.33 Å². The number of amides is 1. The molecule has 1 amide bonds. The standard InChI is InChI=1S/C8H13N5O/c14-8(7-11-5-12-13-7)10-4-6-1-2-9-3-6/h5-6,9H,1-4H2,(H,10,14)(H,11,12,13). The molecular weight excluding hydrogens is 182 g/mol. The predicted molar refractivity (Wildman–Crippen MR) is 49.7 cm³/mol. The van der Waals surface area contributed by atoms with Crippen LogP contribution >= 0.6 is 0 Å². The van der Waals surface area contributed by atoms with Crippen LogP contribution in [0.25, 0.3) is 0 Å². The molecule has 1 aliphatic rings. The average molecular weight is 195 g/mol. The van der Waals surface area contributed by atoms with E-state index in [0.29, 0.717) is 12.5 Å². The first-order chi connectivity index (χ1) is 6.86. The Morgan fingerprint density at radius 3 is 3.29 bits per heavy atom. The molecule has 0 aromatic carbocycles. The molecule has 1 fully saturated rings. The molecule has 1 atom stereocenters. The van der Waals surface area contributed by atoms with E-state index in [2.05, 4.69) is 25.8 Å². The topological polar surface area (TPSA) is 82.7 Å². The van der Waals surface area contributed by atoms with Crippen molar-refractivity contribution in [3.63, 3.8) is 0 Å². The lowest BCUT2D eigenvalue weighted by atomic mass is 10.1. The van der Waals surface area contributed by atoms with E-state index < -0.39 is 0 Å². The van der Waals surface area contributed by atoms with E-state index in [1.807, 2.05) is 0 Å². The van der Waals surface area contributed by atoms with Gasteiger partial charge in [-0.05, 0) is 25.4 Å². The highest BCUT2D eigenvalue weighted by atomic mass is 16.2. The van der Waals surface area contributed by atoms with E-state index >= 15 is 0 Å². The molecule has 1 aromatic heterocycles. The third kappa shape index (κ3) is 2.08. The van der Waals surface area contributed by atoms with E-state index in [0.717, 1.165) is 19.5 Å². The van der Waals surface area contributed by atoms with E-state index in [4.69, 9.17) is 0 Å². The Morgan fingerprint density at radius 1 is 1.71 bits per heavy atom. The molecule has 1 unspecified atom stereocenters. The van der Waals surface area contributed by atoms with Gasteiger partial charge in [-0.1, -0.05) is 0 Å². The molecule has 6 heteroatoms. The third-order valence-corrected chi connectivity index (χ3v) is 2.34. The van der Waals surface area contributed by atoms with Gasteiger partial charge in [-0.3, -0.25) is 9.89 Å². The molecule has 14 heavy (non-hydrogen) atoms. The molecule has 6 nitrogen and oxygen atoms in total. The average Bonchev–Trinajstić information content (AvgIpc) is 2.87. The molecule has 1 aliphatic heterocycles. The maximum Gasteiger partial charge on any atom is 0.288 e. The Kier molecular flexibility index (Phi) is 2.73. The summed E-state index contributed by atoms with van der Waals surface area (Å²) in [6.45, 7) is 2.73. The largest absolute Gasteiger partial charge is 0.349 e. The maximum absolute atomic E-state index is 11.4. The zero-order valence-corrected chi connectivity index (χ0v) is 7.79. The van der Waals surface area contributed by atoms with Crippen LogP contribution in [0.2, 0.25) is 0 Å². The number of aromatic amines is 1. The molecule has 2 rings (SSSR count). The lowest BCUT2D eigenvalue weighted by Gasteiger charge is -2.08. The number of nitrogens with zero attached hydrogens (tertiary/aromatic N) is 2. The summed E-state index contributed by atoms with van der Waals surface area (Å²) in [7, 11) is 0. The molecule has 76 valence electrons. The van der Waals surface area contributed by atoms with Crippen LogP contribution in [0.1, 0.15) is 17.0 Å². The smallest absolute Gasteiger partial charge is 0.288 e. The summed E-state index contributed by atoms with van der Waals surface area (Å²) >= 11 is 0. The molecule has 0 bridgehead atoms. The Morgan fingerprint density at radius 2 is 2.64 bits per heavy atom. The quantitative estimate of drug-likeness (QED) is 0.586. The van der Waals surface area contributed by atoms with Crippen LogP contribution in [0.4, 0.5) is 0 Å². The van der Waals surface area contributed by atoms with Crippen molar-refractivity contribution in [2.24, 2.45) is 5.92 Å². The van der Waals surface area contributed by atoms with Gasteiger partial charge in [0.25, 0.3) is 5.91 Å². The summed E-state index contributed by atoms with van der Waals surface area (Å²) in [6, 6.07) is 0. The molecule has 0 aliphatic carbocycles. The van der Waals surface area contributed by atoms with Crippen LogP contribution in [-0.2, 0) is 0 Å². The van der Waals surface area contributed by atoms with E-state index in [-0.39, 0.29) is 11.7 Å². The minimum atomic E-state index is -0.186. The van der Waals surface area contributed by atoms with Gasteiger partial charge in [0.1, 0.15) is 6.33 Å². The first-order valence-corrected chi connectivity index (χ1v) is 4.70. The zero-order valence-electron chi connectivity index (χ0n) is 7.79. The highest BCUT2D eigenvalue weighted by Crippen LogP contribution is 2.05. The summed E-state index contributed by atoms with van der Waals surface area (Å²) in [5.74, 6) is 0.632. The lowest BCUT2D eigenvalue weighted by Crippen LogP contribution is -2.30. The van der Waals surface area contributed by atoms with Gasteiger partial charge in [0.15, 0.2) is 0 Å². The van der Waals surface area contributed by atoms with Gasteiger partial charge in [0.2, 0.25) is 5.82 Å². The molecule has 3 N–H and O–H groups in total. The predicted octanol–water partition coefficient (Wildman–Crippen LogP) is -0.856. The minimum Gasteiger partial charge on any atom is -0.349 e. The van der Waals surface area contributed by atoms with Crippen molar-refractivity contribution in [3.05, 3.63) is 12.2 Å². The second-order valence-corrected chi connectivity index (χ2v) is 3.40. The fourth-order valence-corrected chi connectivity index (χ4v) is 1.52. The number of H-pyrrole nitrogens is 1. The lowest BCUT2D eigenvalue weighted by molar-refractivity contribution is 0.0938. The van der Waals surface area contributed by atoms with Crippen LogP contribution < -0.4 is 10.6 Å². The SMILES string of the molecule is O=C(NCC1CCNC1)c1ncn[nH]1. The monoisotopic (exact) mass is 195 g/mol. The molecule has 0 spiro atoms. The van der Waals surface area contributed by atoms with Gasteiger partial charge in [-0.25, -0.2) is 4.98 Å². The highest BCUT2D eigenvalue weighted by Gasteiger charge is 2.16. The van der Waals surface area contributed by atoms with E-state index in [9.17, 15) is 4.79 Å². The Hall–Kier alpha value is -1.43. The summed E-state index contributed by atoms with van der Waals surface area (Å²) in [5.41, 5.74) is 0. The summed E-state index contributed by atoms with van der Waals surface area (Å²) in [4.78, 5) is 15.2. The molecule has 2 heterocycles. The second-order valence-electron chi connectivity index (χ2n) is 3.40. The van der Waals surface area contributed by atoms with Gasteiger partial charge in [0.05, 0.1) is 0 Å². The van der Waals surface area contributed by atoms with Crippen molar-refractivity contribution in [3.8, 4) is 0 Å². The number of hydrogen-bond acceptors (Lipinski definition) is 4. The Bertz CT molecular complexity index is 291. The Balaban J connectivity index is 1.78. The number of carbonyl (C=O) groups excluding carboxylic acids is 1. The van der Waals surface area contributed by atoms with Crippen molar-refractivity contribution >= 4 is 5.91 Å². The molecule has 1 aromatic rings. The van der Waals surface area contributed by atoms with Crippen molar-refractivity contribution in [2.45, 2.75) is 6.42 Å². The van der Waals surface area contributed by atoms with E-state index in [1.54, 1.807) is 0 Å². The fraction of sp³-hybridized carbons (Fsp3) is 0.625. The van der Waals surface area contributed by atoms with Crippen molar-refractivity contribution in [1.82, 2.24) is 25.8 Å². The van der Waals surface area contributed by atoms with Gasteiger partial charge in [0, 0.05) is 6.54 Å². The van der Waals surface area contributed by atoms with Crippen LogP contribution in [0, 0.1) is 5.92 Å². The van der Waals surface area contributed by atoms with Crippen LogP contribution in [-0.4, -0.2) is 40.7 Å². The van der Waals surface area contributed by atoms with Crippen molar-refractivity contribution in [1.29, 1.82) is 0 Å². The van der Waals surface area contributed by atoms with Crippen LogP contribution in [0.5, 0.6) is 0 Å². The first kappa shape index (κ1) is 9.14. The molecule has 1 saturated heterocycles. The fourth-order valence-electron chi connectivity index (χ4n) is 1.52. The molecular formula is C8H13N5O. The summed E-state index contributed by atoms with van der Waals surface area (Å²) in [6.07, 6.45) is 2.45. The van der Waals surface area contributed by atoms with Crippen molar-refractivity contribution in [2.75, 3.05) is 19.6 Å². The van der Waals surface area contributed by atoms with Crippen LogP contribution in [0.15, 0.2) is 6.33 Å². The van der Waals surface area contributed by atoms with Gasteiger partial charge >= 0.3 is 0 Å². The Labute approximate surface area is 81.5 Å². The van der Waals surface area contributed by atoms with Gasteiger partial charge in [-0.2, -0.15) is 5.10 Å². The molecule has 0 saturated carbocycles. The highest BCUT2D eigenvalue weighted by molar-refractivity contribution is 5.90. The van der Waals surface area contributed by atoms with Gasteiger partial charge in [-0.15, -0.1) is 0 Å². The summed E-state index contributed by atoms with van der Waals surface area (Å²) in [5, 5.41) is 12.2. The van der Waals surface area contributed by atoms with Crippen LogP contribution in [0.3, 0.4) is 0 Å². The minimum absolute atomic E-state index is 0.186. The second kappa shape index (κ2) is 4.19. The number of nitrogens with one attached hydrogen (secondary N) is 3. The maximum atomic E-state index is 11.4. The first-order valence-electron chi connectivity index (χ1n) is 4.70. The number of hydrogen-bond donors (Lipinski definition) is 3. The normalized spacial score (nSPS) is 21.0. The third-order valence-electron chi connectivity index (χ3n) is 2.34. The zero-order chi connectivity index (χ0) is 9.80. The number of rotatable bonds is 3. The van der Waals surface area contributed by atoms with Gasteiger partial charge < -0.3 is 10.6 Å².